The third-order valence-electron chi connectivity index (χ3n) is 6.55. The number of sulfonamides is 1. The van der Waals surface area contributed by atoms with Gasteiger partial charge in [-0.2, -0.15) is 4.31 Å². The zero-order chi connectivity index (χ0) is 28.0. The van der Waals surface area contributed by atoms with Crippen LogP contribution in [0.5, 0.6) is 11.5 Å². The number of fused-ring (bicyclic) bond motifs is 2. The van der Waals surface area contributed by atoms with Gasteiger partial charge in [0.2, 0.25) is 10.0 Å². The third-order valence-corrected chi connectivity index (χ3v) is 9.50. The monoisotopic (exact) mass is 610 g/mol. The van der Waals surface area contributed by atoms with Crippen LogP contribution >= 0.6 is 23.7 Å². The Hall–Kier alpha value is -2.44. The molecule has 0 bridgehead atoms. The van der Waals surface area contributed by atoms with E-state index in [1.165, 1.54) is 11.3 Å². The molecule has 12 heteroatoms. The van der Waals surface area contributed by atoms with Crippen molar-refractivity contribution >= 4 is 55.0 Å². The van der Waals surface area contributed by atoms with Crippen LogP contribution < -0.4 is 14.4 Å². The van der Waals surface area contributed by atoms with Crippen LogP contribution in [-0.4, -0.2) is 82.0 Å². The smallest absolute Gasteiger partial charge is 0.260 e. The molecule has 0 saturated heterocycles. The number of amides is 1. The number of hydrogen-bond acceptors (Lipinski definition) is 8. The Kier molecular flexibility index (Phi) is 11.6. The minimum Gasteiger partial charge on any atom is -0.486 e. The summed E-state index contributed by atoms with van der Waals surface area (Å²) in [5.41, 5.74) is 1.15. The molecule has 9 nitrogen and oxygen atoms in total. The van der Waals surface area contributed by atoms with E-state index in [2.05, 4.69) is 0 Å². The number of hydrogen-bond donors (Lipinski definition) is 0. The van der Waals surface area contributed by atoms with Crippen LogP contribution in [0.15, 0.2) is 41.3 Å². The van der Waals surface area contributed by atoms with Gasteiger partial charge in [0.05, 0.1) is 15.1 Å². The number of nitrogens with zero attached hydrogens (tertiary/aromatic N) is 4. The summed E-state index contributed by atoms with van der Waals surface area (Å²) in [7, 11) is 0.262. The lowest BCUT2D eigenvalue weighted by Gasteiger charge is -2.23. The van der Waals surface area contributed by atoms with Crippen LogP contribution in [0.1, 0.15) is 49.9 Å². The number of aromatic nitrogens is 1. The van der Waals surface area contributed by atoms with Gasteiger partial charge >= 0.3 is 0 Å². The molecular formula is C28H39ClN4O5S2. The van der Waals surface area contributed by atoms with Gasteiger partial charge in [-0.3, -0.25) is 9.69 Å². The van der Waals surface area contributed by atoms with Gasteiger partial charge < -0.3 is 14.4 Å². The molecule has 0 unspecified atom stereocenters. The molecule has 3 aromatic rings. The van der Waals surface area contributed by atoms with E-state index in [-0.39, 0.29) is 23.2 Å². The molecule has 0 fully saturated rings. The van der Waals surface area contributed by atoms with Crippen molar-refractivity contribution in [3.8, 4) is 11.5 Å². The first-order valence-electron chi connectivity index (χ1n) is 13.5. The Balaban J connectivity index is 0.00000441. The molecule has 0 saturated carbocycles. The summed E-state index contributed by atoms with van der Waals surface area (Å²) in [6, 6.07) is 10.0. The number of halogens is 1. The van der Waals surface area contributed by atoms with Gasteiger partial charge in [0.1, 0.15) is 13.2 Å². The molecule has 220 valence electrons. The van der Waals surface area contributed by atoms with Crippen molar-refractivity contribution in [2.24, 2.45) is 0 Å². The number of carbonyl (C=O) groups is 1. The summed E-state index contributed by atoms with van der Waals surface area (Å²) in [5, 5.41) is 0.571. The second-order valence-corrected chi connectivity index (χ2v) is 12.8. The molecule has 1 aromatic heterocycles. The Morgan fingerprint density at radius 3 is 2.10 bits per heavy atom. The summed E-state index contributed by atoms with van der Waals surface area (Å²) in [4.78, 5) is 22.3. The van der Waals surface area contributed by atoms with Crippen LogP contribution in [0.25, 0.3) is 10.2 Å². The minimum atomic E-state index is -3.64. The summed E-state index contributed by atoms with van der Waals surface area (Å²) in [5.74, 6) is 1.10. The summed E-state index contributed by atoms with van der Waals surface area (Å²) in [6.45, 7) is 7.15. The standard InChI is InChI=1S/C28H38N4O5S2.ClH/c1-5-7-13-31(14-8-6-2)39(34,35)22-11-9-21(10-12-22)27(33)32(16-15-30(3)4)28-29-23-19-24-25(20-26(23)38-28)37-18-17-36-24;/h9-12,19-20H,5-8,13-18H2,1-4H3;1H. The molecule has 0 radical (unpaired) electrons. The second kappa shape index (κ2) is 14.5. The highest BCUT2D eigenvalue weighted by atomic mass is 35.5. The lowest BCUT2D eigenvalue weighted by atomic mass is 10.2. The molecule has 2 heterocycles. The van der Waals surface area contributed by atoms with Crippen molar-refractivity contribution < 1.29 is 22.7 Å². The van der Waals surface area contributed by atoms with Crippen molar-refractivity contribution in [1.29, 1.82) is 0 Å². The van der Waals surface area contributed by atoms with Crippen LogP contribution in [0.4, 0.5) is 5.13 Å². The van der Waals surface area contributed by atoms with Gasteiger partial charge in [0.25, 0.3) is 5.91 Å². The number of unbranched alkanes of at least 4 members (excludes halogenated alkanes) is 2. The van der Waals surface area contributed by atoms with Crippen molar-refractivity contribution in [1.82, 2.24) is 14.2 Å². The average molecular weight is 611 g/mol. The predicted molar refractivity (Wildman–Crippen MR) is 163 cm³/mol. The summed E-state index contributed by atoms with van der Waals surface area (Å²) >= 11 is 1.42. The van der Waals surface area contributed by atoms with Gasteiger partial charge in [-0.15, -0.1) is 12.4 Å². The maximum Gasteiger partial charge on any atom is 0.260 e. The van der Waals surface area contributed by atoms with Gasteiger partial charge in [-0.25, -0.2) is 13.4 Å². The van der Waals surface area contributed by atoms with Crippen LogP contribution in [-0.2, 0) is 10.0 Å². The Morgan fingerprint density at radius 1 is 0.925 bits per heavy atom. The van der Waals surface area contributed by atoms with E-state index in [9.17, 15) is 13.2 Å². The van der Waals surface area contributed by atoms with E-state index in [0.717, 1.165) is 35.9 Å². The fourth-order valence-corrected chi connectivity index (χ4v) is 6.76. The number of likely N-dealkylation sites (N-methyl/N-ethyl adjacent to an activating group) is 1. The molecule has 0 aliphatic carbocycles. The van der Waals surface area contributed by atoms with E-state index in [1.54, 1.807) is 33.5 Å². The van der Waals surface area contributed by atoms with Gasteiger partial charge in [0, 0.05) is 43.9 Å². The fraction of sp³-hybridized carbons (Fsp3) is 0.500. The number of anilines is 1. The van der Waals surface area contributed by atoms with E-state index in [1.807, 2.05) is 45.0 Å². The lowest BCUT2D eigenvalue weighted by molar-refractivity contribution is 0.0985. The van der Waals surface area contributed by atoms with E-state index in [0.29, 0.717) is 61.6 Å². The van der Waals surface area contributed by atoms with E-state index in [4.69, 9.17) is 14.5 Å². The van der Waals surface area contributed by atoms with Crippen molar-refractivity contribution in [3.63, 3.8) is 0 Å². The highest BCUT2D eigenvalue weighted by Gasteiger charge is 2.26. The highest BCUT2D eigenvalue weighted by Crippen LogP contribution is 2.39. The van der Waals surface area contributed by atoms with Gasteiger partial charge in [-0.1, -0.05) is 38.0 Å². The quantitative estimate of drug-likeness (QED) is 0.260. The third kappa shape index (κ3) is 7.44. The molecular weight excluding hydrogens is 572 g/mol. The molecule has 0 atom stereocenters. The zero-order valence-corrected chi connectivity index (χ0v) is 26.0. The largest absolute Gasteiger partial charge is 0.486 e. The number of ether oxygens (including phenoxy) is 2. The predicted octanol–water partition coefficient (Wildman–Crippen LogP) is 5.29. The summed E-state index contributed by atoms with van der Waals surface area (Å²) < 4.78 is 40.6. The molecule has 40 heavy (non-hydrogen) atoms. The Bertz CT molecular complexity index is 1330. The topological polar surface area (TPSA) is 92.3 Å². The maximum absolute atomic E-state index is 13.7. The molecule has 1 aliphatic heterocycles. The van der Waals surface area contributed by atoms with Gasteiger partial charge in [0.15, 0.2) is 16.6 Å². The SMILES string of the molecule is CCCCN(CCCC)S(=O)(=O)c1ccc(C(=O)N(CCN(C)C)c2nc3cc4c(cc3s2)OCCO4)cc1.Cl. The Labute approximate surface area is 247 Å². The number of thiazole rings is 1. The van der Waals surface area contributed by atoms with E-state index >= 15 is 0 Å². The molecule has 1 amide bonds. The molecule has 2 aromatic carbocycles. The first kappa shape index (κ1) is 32.1. The molecule has 0 spiro atoms. The Morgan fingerprint density at radius 2 is 1.52 bits per heavy atom. The second-order valence-electron chi connectivity index (χ2n) is 9.86. The number of rotatable bonds is 13. The van der Waals surface area contributed by atoms with Crippen molar-refractivity contribution in [2.45, 2.75) is 44.4 Å². The molecule has 0 N–H and O–H groups in total. The first-order chi connectivity index (χ1) is 18.7. The first-order valence-corrected chi connectivity index (χ1v) is 15.8. The minimum absolute atomic E-state index is 0. The fourth-order valence-electron chi connectivity index (χ4n) is 4.25. The highest BCUT2D eigenvalue weighted by molar-refractivity contribution is 7.89. The lowest BCUT2D eigenvalue weighted by Crippen LogP contribution is -2.37. The van der Waals surface area contributed by atoms with Gasteiger partial charge in [-0.05, 0) is 51.2 Å². The molecule has 1 aliphatic rings. The van der Waals surface area contributed by atoms with Crippen molar-refractivity contribution in [2.75, 3.05) is 58.4 Å². The molecule has 4 rings (SSSR count). The van der Waals surface area contributed by atoms with Crippen molar-refractivity contribution in [3.05, 3.63) is 42.0 Å². The maximum atomic E-state index is 13.7. The van der Waals surface area contributed by atoms with E-state index < -0.39 is 10.0 Å². The zero-order valence-electron chi connectivity index (χ0n) is 23.6. The van der Waals surface area contributed by atoms with Crippen LogP contribution in [0.2, 0.25) is 0 Å². The number of carbonyl (C=O) groups excluding carboxylic acids is 1. The number of benzene rings is 2. The normalized spacial score (nSPS) is 13.1. The van der Waals surface area contributed by atoms with Crippen LogP contribution in [0, 0.1) is 0 Å². The van der Waals surface area contributed by atoms with Crippen LogP contribution in [0.3, 0.4) is 0 Å². The summed E-state index contributed by atoms with van der Waals surface area (Å²) in [6.07, 6.45) is 3.46. The average Bonchev–Trinajstić information content (AvgIpc) is 3.33.